The smallest absolute Gasteiger partial charge is 0.368 e. The minimum absolute atomic E-state index is 0.152. The van der Waals surface area contributed by atoms with Gasteiger partial charge < -0.3 is 25.4 Å². The lowest BCUT2D eigenvalue weighted by atomic mass is 10.5. The molecule has 0 aliphatic rings. The zero-order valence-electron chi connectivity index (χ0n) is 9.10. The number of nitrogens with zero attached hydrogens (tertiary/aromatic N) is 3. The fourth-order valence-corrected chi connectivity index (χ4v) is 1.02. The van der Waals surface area contributed by atoms with E-state index in [0.717, 1.165) is 0 Å². The van der Waals surface area contributed by atoms with E-state index in [-0.39, 0.29) is 5.95 Å². The second-order valence-corrected chi connectivity index (χ2v) is 3.88. The van der Waals surface area contributed by atoms with E-state index in [2.05, 4.69) is 25.4 Å². The first-order valence-electron chi connectivity index (χ1n) is 4.35. The Morgan fingerprint density at radius 2 is 2.06 bits per heavy atom. The lowest BCUT2D eigenvalue weighted by Gasteiger charge is -2.02. The van der Waals surface area contributed by atoms with Crippen molar-refractivity contribution in [3.05, 3.63) is 6.33 Å². The highest BCUT2D eigenvalue weighted by Gasteiger charge is 2.06. The number of imidazole rings is 1. The highest BCUT2D eigenvalue weighted by molar-refractivity contribution is 7.45. The highest BCUT2D eigenvalue weighted by atomic mass is 31.2. The molecule has 0 spiro atoms. The number of nitrogen functional groups attached to an aromatic ring is 1. The number of anilines is 2. The van der Waals surface area contributed by atoms with Gasteiger partial charge in [0.25, 0.3) is 0 Å². The van der Waals surface area contributed by atoms with Gasteiger partial charge in [0.05, 0.1) is 13.4 Å². The maximum absolute atomic E-state index is 8.88. The standard InChI is InChI=1S/C6H8N6O.H3O4P/c1-13-12-5-3-4(9-2-8-3)10-6(7)11-5;1-5(2,3)4/h2H,1H3,(H4,7,8,9,10,11,12);(H3,1,2,3,4). The van der Waals surface area contributed by atoms with Crippen LogP contribution in [0.5, 0.6) is 0 Å². The van der Waals surface area contributed by atoms with Gasteiger partial charge in [-0.2, -0.15) is 9.97 Å². The molecule has 7 N–H and O–H groups in total. The second-order valence-electron chi connectivity index (χ2n) is 2.85. The van der Waals surface area contributed by atoms with E-state index in [9.17, 15) is 0 Å². The van der Waals surface area contributed by atoms with Crippen LogP contribution in [0.3, 0.4) is 0 Å². The Morgan fingerprint density at radius 3 is 2.61 bits per heavy atom. The molecular weight excluding hydrogens is 267 g/mol. The number of rotatable bonds is 2. The Kier molecular flexibility index (Phi) is 4.53. The maximum atomic E-state index is 8.88. The summed E-state index contributed by atoms with van der Waals surface area (Å²) in [4.78, 5) is 40.9. The van der Waals surface area contributed by atoms with Gasteiger partial charge in [0, 0.05) is 0 Å². The van der Waals surface area contributed by atoms with Crippen LogP contribution in [0.1, 0.15) is 0 Å². The fraction of sp³-hybridized carbons (Fsp3) is 0.167. The topological polar surface area (TPSA) is 179 Å². The summed E-state index contributed by atoms with van der Waals surface area (Å²) in [5, 5.41) is 0. The monoisotopic (exact) mass is 278 g/mol. The predicted molar refractivity (Wildman–Crippen MR) is 61.0 cm³/mol. The first-order valence-corrected chi connectivity index (χ1v) is 5.91. The molecule has 0 amide bonds. The lowest BCUT2D eigenvalue weighted by Crippen LogP contribution is -2.03. The first kappa shape index (κ1) is 14.3. The van der Waals surface area contributed by atoms with Gasteiger partial charge in [0.15, 0.2) is 11.5 Å². The summed E-state index contributed by atoms with van der Waals surface area (Å²) in [6.07, 6.45) is 1.51. The van der Waals surface area contributed by atoms with Gasteiger partial charge in [-0.1, -0.05) is 0 Å². The third-order valence-electron chi connectivity index (χ3n) is 1.50. The molecular formula is C6H11N6O5P. The molecule has 0 fully saturated rings. The Morgan fingerprint density at radius 1 is 1.44 bits per heavy atom. The van der Waals surface area contributed by atoms with Gasteiger partial charge >= 0.3 is 7.82 Å². The van der Waals surface area contributed by atoms with Crippen molar-refractivity contribution < 1.29 is 24.1 Å². The van der Waals surface area contributed by atoms with Crippen LogP contribution in [-0.4, -0.2) is 41.7 Å². The number of nitrogens with one attached hydrogen (secondary N) is 2. The summed E-state index contributed by atoms with van der Waals surface area (Å²) in [6.45, 7) is 0. The predicted octanol–water partition coefficient (Wildman–Crippen LogP) is -1.02. The molecule has 0 aliphatic heterocycles. The summed E-state index contributed by atoms with van der Waals surface area (Å²) in [6, 6.07) is 0. The molecule has 0 aliphatic carbocycles. The van der Waals surface area contributed by atoms with Gasteiger partial charge in [-0.3, -0.25) is 4.84 Å². The molecule has 12 heteroatoms. The molecule has 0 unspecified atom stereocenters. The van der Waals surface area contributed by atoms with Crippen molar-refractivity contribution in [2.45, 2.75) is 0 Å². The van der Waals surface area contributed by atoms with Gasteiger partial charge in [0.1, 0.15) is 5.52 Å². The van der Waals surface area contributed by atoms with Crippen molar-refractivity contribution >= 4 is 30.8 Å². The van der Waals surface area contributed by atoms with Crippen molar-refractivity contribution in [3.8, 4) is 0 Å². The van der Waals surface area contributed by atoms with Crippen molar-refractivity contribution in [2.24, 2.45) is 0 Å². The van der Waals surface area contributed by atoms with Crippen LogP contribution in [0.25, 0.3) is 11.2 Å². The van der Waals surface area contributed by atoms with E-state index >= 15 is 0 Å². The number of fused-ring (bicyclic) bond motifs is 1. The second kappa shape index (κ2) is 5.71. The molecule has 2 rings (SSSR count). The van der Waals surface area contributed by atoms with E-state index in [1.54, 1.807) is 0 Å². The molecule has 2 aromatic heterocycles. The van der Waals surface area contributed by atoms with Gasteiger partial charge in [-0.05, 0) is 0 Å². The van der Waals surface area contributed by atoms with Crippen LogP contribution < -0.4 is 11.2 Å². The fourth-order valence-electron chi connectivity index (χ4n) is 1.02. The van der Waals surface area contributed by atoms with Crippen molar-refractivity contribution in [3.63, 3.8) is 0 Å². The Balaban J connectivity index is 0.000000280. The van der Waals surface area contributed by atoms with E-state index in [0.29, 0.717) is 17.0 Å². The number of phosphoric acid groups is 1. The third-order valence-corrected chi connectivity index (χ3v) is 1.50. The SMILES string of the molecule is CONc1nc(N)nc2nc[nH]c12.O=P(O)(O)O. The van der Waals surface area contributed by atoms with E-state index in [1.807, 2.05) is 0 Å². The molecule has 0 saturated carbocycles. The van der Waals surface area contributed by atoms with E-state index in [4.69, 9.17) is 29.8 Å². The molecule has 100 valence electrons. The zero-order chi connectivity index (χ0) is 13.8. The molecule has 0 atom stereocenters. The largest absolute Gasteiger partial charge is 0.466 e. The van der Waals surface area contributed by atoms with Gasteiger partial charge in [0.2, 0.25) is 5.95 Å². The highest BCUT2D eigenvalue weighted by Crippen LogP contribution is 2.25. The molecule has 2 aromatic rings. The number of hydrogen-bond donors (Lipinski definition) is 6. The lowest BCUT2D eigenvalue weighted by molar-refractivity contribution is 0.269. The average Bonchev–Trinajstić information content (AvgIpc) is 2.63. The normalized spacial score (nSPS) is 10.9. The van der Waals surface area contributed by atoms with Crippen LogP contribution in [-0.2, 0) is 9.40 Å². The zero-order valence-corrected chi connectivity index (χ0v) is 10.00. The Bertz CT molecular complexity index is 558. The number of hydrogen-bond acceptors (Lipinski definition) is 7. The molecule has 0 radical (unpaired) electrons. The first-order chi connectivity index (χ1) is 8.31. The van der Waals surface area contributed by atoms with Gasteiger partial charge in [-0.15, -0.1) is 0 Å². The van der Waals surface area contributed by atoms with Crippen LogP contribution >= 0.6 is 7.82 Å². The summed E-state index contributed by atoms with van der Waals surface area (Å²) in [5.74, 6) is 0.627. The minimum Gasteiger partial charge on any atom is -0.368 e. The maximum Gasteiger partial charge on any atom is 0.466 e. The van der Waals surface area contributed by atoms with E-state index < -0.39 is 7.82 Å². The van der Waals surface area contributed by atoms with Crippen LogP contribution in [0.2, 0.25) is 0 Å². The number of aromatic amines is 1. The number of nitrogens with two attached hydrogens (primary N) is 1. The molecule has 0 aromatic carbocycles. The van der Waals surface area contributed by atoms with Crippen LogP contribution in [0.15, 0.2) is 6.33 Å². The minimum atomic E-state index is -4.64. The molecule has 2 heterocycles. The molecule has 11 nitrogen and oxygen atoms in total. The summed E-state index contributed by atoms with van der Waals surface area (Å²) < 4.78 is 8.88. The summed E-state index contributed by atoms with van der Waals surface area (Å²) in [7, 11) is -3.15. The number of H-pyrrole nitrogens is 1. The van der Waals surface area contributed by atoms with Gasteiger partial charge in [-0.25, -0.2) is 15.0 Å². The third kappa shape index (κ3) is 4.61. The van der Waals surface area contributed by atoms with Crippen LogP contribution in [0, 0.1) is 0 Å². The molecule has 0 bridgehead atoms. The number of aromatic nitrogens is 4. The van der Waals surface area contributed by atoms with Crippen molar-refractivity contribution in [2.75, 3.05) is 18.3 Å². The quantitative estimate of drug-likeness (QED) is 0.294. The molecule has 0 saturated heterocycles. The van der Waals surface area contributed by atoms with Crippen molar-refractivity contribution in [1.82, 2.24) is 19.9 Å². The Labute approximate surface area is 100 Å². The van der Waals surface area contributed by atoms with Crippen molar-refractivity contribution in [1.29, 1.82) is 0 Å². The Hall–Kier alpha value is -1.78. The van der Waals surface area contributed by atoms with Crippen LogP contribution in [0.4, 0.5) is 11.8 Å². The summed E-state index contributed by atoms with van der Waals surface area (Å²) >= 11 is 0. The molecule has 18 heavy (non-hydrogen) atoms. The average molecular weight is 278 g/mol. The van der Waals surface area contributed by atoms with E-state index in [1.165, 1.54) is 13.4 Å². The summed E-state index contributed by atoms with van der Waals surface area (Å²) in [5.41, 5.74) is 9.19.